The monoisotopic (exact) mass is 338 g/mol. The second-order valence-electron chi connectivity index (χ2n) is 3.74. The van der Waals surface area contributed by atoms with E-state index < -0.39 is 0 Å². The molecular weight excluding hydrogens is 332 g/mol. The average molecular weight is 340 g/mol. The van der Waals surface area contributed by atoms with E-state index in [-0.39, 0.29) is 0 Å². The van der Waals surface area contributed by atoms with E-state index in [0.717, 1.165) is 20.7 Å². The first kappa shape index (κ1) is 12.0. The summed E-state index contributed by atoms with van der Waals surface area (Å²) >= 11 is 10.9. The van der Waals surface area contributed by atoms with Crippen LogP contribution in [0.5, 0.6) is 0 Å². The van der Waals surface area contributed by atoms with E-state index in [4.69, 9.17) is 11.6 Å². The number of nitrogens with one attached hydrogen (secondary N) is 1. The summed E-state index contributed by atoms with van der Waals surface area (Å²) in [5.74, 6) is 0. The Morgan fingerprint density at radius 1 is 1.11 bits per heavy atom. The van der Waals surface area contributed by atoms with Crippen molar-refractivity contribution in [2.45, 2.75) is 0 Å². The highest BCUT2D eigenvalue weighted by Crippen LogP contribution is 2.32. The zero-order valence-electron chi connectivity index (χ0n) is 9.15. The summed E-state index contributed by atoms with van der Waals surface area (Å²) < 4.78 is 1.08. The van der Waals surface area contributed by atoms with Crippen LogP contribution in [0.2, 0.25) is 5.15 Å². The van der Waals surface area contributed by atoms with Gasteiger partial charge in [0.05, 0.1) is 0 Å². The van der Waals surface area contributed by atoms with Crippen LogP contribution in [0.25, 0.3) is 10.8 Å². The molecule has 3 rings (SSSR count). The summed E-state index contributed by atoms with van der Waals surface area (Å²) in [4.78, 5) is 4.20. The first-order valence-electron chi connectivity index (χ1n) is 5.29. The van der Waals surface area contributed by atoms with Gasteiger partial charge in [0.15, 0.2) is 5.13 Å². The molecule has 2 nitrogen and oxygen atoms in total. The lowest BCUT2D eigenvalue weighted by Crippen LogP contribution is -1.90. The Morgan fingerprint density at radius 2 is 1.89 bits per heavy atom. The minimum absolute atomic E-state index is 0.518. The van der Waals surface area contributed by atoms with E-state index in [2.05, 4.69) is 38.4 Å². The van der Waals surface area contributed by atoms with Crippen LogP contribution >= 0.6 is 38.9 Å². The van der Waals surface area contributed by atoms with E-state index in [0.29, 0.717) is 5.15 Å². The van der Waals surface area contributed by atoms with Gasteiger partial charge in [-0.15, -0.1) is 11.3 Å². The van der Waals surface area contributed by atoms with Gasteiger partial charge >= 0.3 is 0 Å². The molecule has 1 aromatic heterocycles. The number of hydrogen-bond acceptors (Lipinski definition) is 3. The van der Waals surface area contributed by atoms with Crippen molar-refractivity contribution in [3.63, 3.8) is 0 Å². The zero-order chi connectivity index (χ0) is 12.5. The van der Waals surface area contributed by atoms with Crippen molar-refractivity contribution in [1.29, 1.82) is 0 Å². The molecule has 0 aliphatic heterocycles. The molecule has 0 aliphatic rings. The van der Waals surface area contributed by atoms with Crippen LogP contribution in [-0.4, -0.2) is 4.98 Å². The molecule has 1 N–H and O–H groups in total. The van der Waals surface area contributed by atoms with E-state index in [1.165, 1.54) is 16.7 Å². The molecule has 1 heterocycles. The van der Waals surface area contributed by atoms with Crippen molar-refractivity contribution < 1.29 is 0 Å². The predicted octanol–water partition coefficient (Wildman–Crippen LogP) is 5.46. The van der Waals surface area contributed by atoms with Gasteiger partial charge in [-0.25, -0.2) is 4.98 Å². The fraction of sp³-hybridized carbons (Fsp3) is 0. The number of fused-ring (bicyclic) bond motifs is 1. The van der Waals surface area contributed by atoms with E-state index in [9.17, 15) is 0 Å². The third-order valence-electron chi connectivity index (χ3n) is 2.59. The first-order valence-corrected chi connectivity index (χ1v) is 7.34. The normalized spacial score (nSPS) is 10.8. The lowest BCUT2D eigenvalue weighted by atomic mass is 10.1. The Bertz CT molecular complexity index is 711. The third kappa shape index (κ3) is 2.23. The Kier molecular flexibility index (Phi) is 3.24. The molecule has 2 aromatic carbocycles. The fourth-order valence-electron chi connectivity index (χ4n) is 1.80. The Morgan fingerprint density at radius 3 is 2.61 bits per heavy atom. The van der Waals surface area contributed by atoms with Crippen molar-refractivity contribution in [3.05, 3.63) is 51.4 Å². The molecule has 0 bridgehead atoms. The summed E-state index contributed by atoms with van der Waals surface area (Å²) in [6.07, 6.45) is 0. The van der Waals surface area contributed by atoms with E-state index in [1.807, 2.05) is 29.6 Å². The quantitative estimate of drug-likeness (QED) is 0.671. The number of anilines is 2. The van der Waals surface area contributed by atoms with Gasteiger partial charge in [-0.05, 0) is 17.5 Å². The van der Waals surface area contributed by atoms with Gasteiger partial charge in [0.25, 0.3) is 0 Å². The van der Waals surface area contributed by atoms with Gasteiger partial charge in [0.2, 0.25) is 0 Å². The molecule has 90 valence electrons. The zero-order valence-corrected chi connectivity index (χ0v) is 12.3. The van der Waals surface area contributed by atoms with E-state index in [1.54, 1.807) is 0 Å². The van der Waals surface area contributed by atoms with Crippen molar-refractivity contribution in [1.82, 2.24) is 4.98 Å². The van der Waals surface area contributed by atoms with Gasteiger partial charge in [-0.2, -0.15) is 0 Å². The van der Waals surface area contributed by atoms with Crippen LogP contribution < -0.4 is 5.32 Å². The summed E-state index contributed by atoms with van der Waals surface area (Å²) in [5, 5.41) is 8.75. The molecule has 0 amide bonds. The molecule has 18 heavy (non-hydrogen) atoms. The maximum atomic E-state index is 5.82. The minimum Gasteiger partial charge on any atom is -0.331 e. The molecule has 0 saturated heterocycles. The average Bonchev–Trinajstić information content (AvgIpc) is 2.79. The lowest BCUT2D eigenvalue weighted by molar-refractivity contribution is 1.40. The highest BCUT2D eigenvalue weighted by Gasteiger charge is 2.06. The van der Waals surface area contributed by atoms with Crippen LogP contribution in [0, 0.1) is 0 Å². The molecule has 0 aliphatic carbocycles. The number of rotatable bonds is 2. The molecular formula is C13H8BrClN2S. The second-order valence-corrected chi connectivity index (χ2v) is 5.84. The van der Waals surface area contributed by atoms with Gasteiger partial charge in [-0.1, -0.05) is 51.8 Å². The number of halogens is 2. The van der Waals surface area contributed by atoms with Crippen molar-refractivity contribution in [3.8, 4) is 0 Å². The standard InChI is InChI=1S/C13H8BrClN2S/c14-10-5-6-11(9-4-2-1-3-8(9)10)16-13-17-12(15)7-18-13/h1-7H,(H,16,17). The van der Waals surface area contributed by atoms with Gasteiger partial charge in [0, 0.05) is 20.9 Å². The Hall–Kier alpha value is -1.10. The molecule has 0 saturated carbocycles. The highest BCUT2D eigenvalue weighted by atomic mass is 79.9. The molecule has 0 spiro atoms. The highest BCUT2D eigenvalue weighted by molar-refractivity contribution is 9.10. The SMILES string of the molecule is Clc1csc(Nc2ccc(Br)c3ccccc23)n1. The van der Waals surface area contributed by atoms with Crippen molar-refractivity contribution in [2.24, 2.45) is 0 Å². The smallest absolute Gasteiger partial charge is 0.188 e. The number of thiazole rings is 1. The summed E-state index contributed by atoms with van der Waals surface area (Å²) in [6, 6.07) is 12.3. The van der Waals surface area contributed by atoms with Gasteiger partial charge < -0.3 is 5.32 Å². The van der Waals surface area contributed by atoms with Crippen LogP contribution in [-0.2, 0) is 0 Å². The van der Waals surface area contributed by atoms with Crippen molar-refractivity contribution in [2.75, 3.05) is 5.32 Å². The van der Waals surface area contributed by atoms with E-state index >= 15 is 0 Å². The van der Waals surface area contributed by atoms with Crippen molar-refractivity contribution >= 4 is 60.5 Å². The van der Waals surface area contributed by atoms with Crippen LogP contribution in [0.4, 0.5) is 10.8 Å². The maximum absolute atomic E-state index is 5.82. The predicted molar refractivity (Wildman–Crippen MR) is 82.1 cm³/mol. The molecule has 0 unspecified atom stereocenters. The molecule has 3 aromatic rings. The number of nitrogens with zero attached hydrogens (tertiary/aromatic N) is 1. The number of hydrogen-bond donors (Lipinski definition) is 1. The number of benzene rings is 2. The second kappa shape index (κ2) is 4.88. The lowest BCUT2D eigenvalue weighted by Gasteiger charge is -2.08. The fourth-order valence-corrected chi connectivity index (χ4v) is 3.13. The summed E-state index contributed by atoms with van der Waals surface area (Å²) in [5.41, 5.74) is 1.03. The summed E-state index contributed by atoms with van der Waals surface area (Å²) in [7, 11) is 0. The molecule has 0 radical (unpaired) electrons. The van der Waals surface area contributed by atoms with Gasteiger partial charge in [0.1, 0.15) is 5.15 Å². The molecule has 0 atom stereocenters. The summed E-state index contributed by atoms with van der Waals surface area (Å²) in [6.45, 7) is 0. The largest absolute Gasteiger partial charge is 0.331 e. The number of aromatic nitrogens is 1. The third-order valence-corrected chi connectivity index (χ3v) is 4.36. The van der Waals surface area contributed by atoms with Crippen LogP contribution in [0.15, 0.2) is 46.3 Å². The molecule has 0 fully saturated rings. The topological polar surface area (TPSA) is 24.9 Å². The Labute approximate surface area is 122 Å². The molecule has 5 heteroatoms. The first-order chi connectivity index (χ1) is 8.74. The Balaban J connectivity index is 2.09. The minimum atomic E-state index is 0.518. The van der Waals surface area contributed by atoms with Gasteiger partial charge in [-0.3, -0.25) is 0 Å². The van der Waals surface area contributed by atoms with Crippen LogP contribution in [0.1, 0.15) is 0 Å². The van der Waals surface area contributed by atoms with Crippen LogP contribution in [0.3, 0.4) is 0 Å². The maximum Gasteiger partial charge on any atom is 0.188 e.